The lowest BCUT2D eigenvalue weighted by Crippen LogP contribution is -2.42. The zero-order chi connectivity index (χ0) is 12.4. The molecule has 1 saturated carbocycles. The molecule has 1 amide bonds. The van der Waals surface area contributed by atoms with Crippen LogP contribution in [0.2, 0.25) is 0 Å². The number of nitrogens with zero attached hydrogens (tertiary/aromatic N) is 2. The van der Waals surface area contributed by atoms with Crippen LogP contribution in [0.1, 0.15) is 36.2 Å². The van der Waals surface area contributed by atoms with Gasteiger partial charge in [-0.25, -0.2) is 4.98 Å². The standard InChI is InChI=1S/C13H19N3OS/c17-13(12-8-18-9-15-12)16(11-3-4-11)7-10-2-1-5-14-6-10/h8-11,14H,1-7H2. The number of aromatic nitrogens is 1. The van der Waals surface area contributed by atoms with Gasteiger partial charge in [0.25, 0.3) is 5.91 Å². The van der Waals surface area contributed by atoms with Crippen molar-refractivity contribution in [2.75, 3.05) is 19.6 Å². The van der Waals surface area contributed by atoms with Crippen LogP contribution in [0, 0.1) is 5.92 Å². The second-order valence-electron chi connectivity index (χ2n) is 5.27. The Labute approximate surface area is 111 Å². The number of hydrogen-bond acceptors (Lipinski definition) is 4. The summed E-state index contributed by atoms with van der Waals surface area (Å²) in [5.41, 5.74) is 2.36. The number of carbonyl (C=O) groups is 1. The highest BCUT2D eigenvalue weighted by Gasteiger charge is 2.35. The highest BCUT2D eigenvalue weighted by molar-refractivity contribution is 7.07. The SMILES string of the molecule is O=C(c1cscn1)N(CC1CCCNC1)C1CC1. The fourth-order valence-corrected chi connectivity index (χ4v) is 3.13. The molecular formula is C13H19N3OS. The Morgan fingerprint density at radius 3 is 3.00 bits per heavy atom. The van der Waals surface area contributed by atoms with Crippen molar-refractivity contribution >= 4 is 17.2 Å². The maximum absolute atomic E-state index is 12.4. The Hall–Kier alpha value is -0.940. The van der Waals surface area contributed by atoms with Gasteiger partial charge in [-0.1, -0.05) is 0 Å². The van der Waals surface area contributed by atoms with Crippen molar-refractivity contribution in [3.63, 3.8) is 0 Å². The van der Waals surface area contributed by atoms with Crippen molar-refractivity contribution in [1.82, 2.24) is 15.2 Å². The molecule has 1 aromatic rings. The molecule has 1 unspecified atom stereocenters. The lowest BCUT2D eigenvalue weighted by atomic mass is 9.99. The topological polar surface area (TPSA) is 45.2 Å². The van der Waals surface area contributed by atoms with Gasteiger partial charge < -0.3 is 10.2 Å². The zero-order valence-electron chi connectivity index (χ0n) is 10.5. The second kappa shape index (κ2) is 5.36. The molecule has 1 saturated heterocycles. The van der Waals surface area contributed by atoms with Crippen molar-refractivity contribution in [3.8, 4) is 0 Å². The molecule has 1 aliphatic heterocycles. The minimum Gasteiger partial charge on any atom is -0.334 e. The van der Waals surface area contributed by atoms with Gasteiger partial charge in [0, 0.05) is 18.0 Å². The van der Waals surface area contributed by atoms with Crippen molar-refractivity contribution in [3.05, 3.63) is 16.6 Å². The summed E-state index contributed by atoms with van der Waals surface area (Å²) in [4.78, 5) is 18.6. The first-order valence-electron chi connectivity index (χ1n) is 6.74. The van der Waals surface area contributed by atoms with Gasteiger partial charge in [-0.05, 0) is 44.7 Å². The van der Waals surface area contributed by atoms with Gasteiger partial charge in [0.1, 0.15) is 5.69 Å². The molecule has 98 valence electrons. The molecule has 1 atom stereocenters. The predicted molar refractivity (Wildman–Crippen MR) is 71.8 cm³/mol. The molecular weight excluding hydrogens is 246 g/mol. The Morgan fingerprint density at radius 2 is 2.39 bits per heavy atom. The largest absolute Gasteiger partial charge is 0.334 e. The quantitative estimate of drug-likeness (QED) is 0.902. The Balaban J connectivity index is 1.66. The number of rotatable bonds is 4. The third-order valence-corrected chi connectivity index (χ3v) is 4.34. The van der Waals surface area contributed by atoms with E-state index in [9.17, 15) is 4.79 Å². The number of carbonyl (C=O) groups excluding carboxylic acids is 1. The summed E-state index contributed by atoms with van der Waals surface area (Å²) in [7, 11) is 0. The fraction of sp³-hybridized carbons (Fsp3) is 0.692. The number of hydrogen-bond donors (Lipinski definition) is 1. The van der Waals surface area contributed by atoms with Crippen LogP contribution in [-0.2, 0) is 0 Å². The van der Waals surface area contributed by atoms with Crippen LogP contribution in [0.5, 0.6) is 0 Å². The van der Waals surface area contributed by atoms with Gasteiger partial charge in [0.15, 0.2) is 0 Å². The molecule has 0 bridgehead atoms. The molecule has 0 radical (unpaired) electrons. The third-order valence-electron chi connectivity index (χ3n) is 3.75. The number of amides is 1. The molecule has 2 heterocycles. The molecule has 2 aliphatic rings. The van der Waals surface area contributed by atoms with Gasteiger partial charge in [0.05, 0.1) is 5.51 Å². The van der Waals surface area contributed by atoms with E-state index in [0.29, 0.717) is 17.7 Å². The van der Waals surface area contributed by atoms with Gasteiger partial charge in [-0.15, -0.1) is 11.3 Å². The fourth-order valence-electron chi connectivity index (χ4n) is 2.61. The van der Waals surface area contributed by atoms with Crippen LogP contribution in [0.4, 0.5) is 0 Å². The minimum absolute atomic E-state index is 0.129. The van der Waals surface area contributed by atoms with Crippen molar-refractivity contribution in [2.24, 2.45) is 5.92 Å². The monoisotopic (exact) mass is 265 g/mol. The normalized spacial score (nSPS) is 23.9. The summed E-state index contributed by atoms with van der Waals surface area (Å²) in [5.74, 6) is 0.742. The third kappa shape index (κ3) is 2.72. The van der Waals surface area contributed by atoms with Crippen LogP contribution in [0.15, 0.2) is 10.9 Å². The first-order chi connectivity index (χ1) is 8.84. The first kappa shape index (κ1) is 12.1. The molecule has 1 aromatic heterocycles. The van der Waals surface area contributed by atoms with E-state index >= 15 is 0 Å². The molecule has 0 spiro atoms. The Morgan fingerprint density at radius 1 is 1.50 bits per heavy atom. The van der Waals surface area contributed by atoms with Crippen molar-refractivity contribution in [2.45, 2.75) is 31.7 Å². The van der Waals surface area contributed by atoms with Crippen LogP contribution >= 0.6 is 11.3 Å². The summed E-state index contributed by atoms with van der Waals surface area (Å²) in [6, 6.07) is 0.473. The summed E-state index contributed by atoms with van der Waals surface area (Å²) in [5, 5.41) is 5.28. The highest BCUT2D eigenvalue weighted by atomic mass is 32.1. The smallest absolute Gasteiger partial charge is 0.273 e. The lowest BCUT2D eigenvalue weighted by molar-refractivity contribution is 0.0699. The van der Waals surface area contributed by atoms with E-state index in [1.165, 1.54) is 24.2 Å². The molecule has 5 heteroatoms. The zero-order valence-corrected chi connectivity index (χ0v) is 11.3. The van der Waals surface area contributed by atoms with E-state index in [1.807, 2.05) is 5.38 Å². The first-order valence-corrected chi connectivity index (χ1v) is 7.69. The molecule has 0 aromatic carbocycles. The Bertz CT molecular complexity index is 396. The van der Waals surface area contributed by atoms with Crippen LogP contribution in [0.25, 0.3) is 0 Å². The van der Waals surface area contributed by atoms with Crippen molar-refractivity contribution in [1.29, 1.82) is 0 Å². The van der Waals surface area contributed by atoms with Crippen LogP contribution < -0.4 is 5.32 Å². The molecule has 2 fully saturated rings. The summed E-state index contributed by atoms with van der Waals surface area (Å²) < 4.78 is 0. The molecule has 1 N–H and O–H groups in total. The minimum atomic E-state index is 0.129. The van der Waals surface area contributed by atoms with Gasteiger partial charge in [-0.3, -0.25) is 4.79 Å². The molecule has 3 rings (SSSR count). The Kier molecular flexibility index (Phi) is 3.61. The van der Waals surface area contributed by atoms with E-state index in [0.717, 1.165) is 32.5 Å². The molecule has 1 aliphatic carbocycles. The summed E-state index contributed by atoms with van der Waals surface area (Å²) in [6.07, 6.45) is 4.79. The average Bonchev–Trinajstić information content (AvgIpc) is 3.10. The van der Waals surface area contributed by atoms with E-state index in [1.54, 1.807) is 5.51 Å². The van der Waals surface area contributed by atoms with Crippen LogP contribution in [-0.4, -0.2) is 41.5 Å². The van der Waals surface area contributed by atoms with E-state index in [2.05, 4.69) is 15.2 Å². The molecule has 4 nitrogen and oxygen atoms in total. The summed E-state index contributed by atoms with van der Waals surface area (Å²) >= 11 is 1.49. The number of nitrogens with one attached hydrogen (secondary N) is 1. The maximum atomic E-state index is 12.4. The van der Waals surface area contributed by atoms with Gasteiger partial charge >= 0.3 is 0 Å². The average molecular weight is 265 g/mol. The van der Waals surface area contributed by atoms with E-state index in [4.69, 9.17) is 0 Å². The molecule has 18 heavy (non-hydrogen) atoms. The number of piperidine rings is 1. The summed E-state index contributed by atoms with van der Waals surface area (Å²) in [6.45, 7) is 3.07. The van der Waals surface area contributed by atoms with E-state index < -0.39 is 0 Å². The van der Waals surface area contributed by atoms with Crippen molar-refractivity contribution < 1.29 is 4.79 Å². The van der Waals surface area contributed by atoms with Gasteiger partial charge in [-0.2, -0.15) is 0 Å². The maximum Gasteiger partial charge on any atom is 0.273 e. The van der Waals surface area contributed by atoms with Crippen LogP contribution in [0.3, 0.4) is 0 Å². The van der Waals surface area contributed by atoms with Gasteiger partial charge in [0.2, 0.25) is 0 Å². The van der Waals surface area contributed by atoms with E-state index in [-0.39, 0.29) is 5.91 Å². The lowest BCUT2D eigenvalue weighted by Gasteiger charge is -2.30. The predicted octanol–water partition coefficient (Wildman–Crippen LogP) is 1.75. The highest BCUT2D eigenvalue weighted by Crippen LogP contribution is 2.29. The second-order valence-corrected chi connectivity index (χ2v) is 5.99. The number of thiazole rings is 1.